The van der Waals surface area contributed by atoms with Crippen molar-refractivity contribution in [2.45, 2.75) is 18.9 Å². The summed E-state index contributed by atoms with van der Waals surface area (Å²) >= 11 is 3.23. The number of ether oxygens (including phenoxy) is 2. The van der Waals surface area contributed by atoms with Gasteiger partial charge >= 0.3 is 5.97 Å². The summed E-state index contributed by atoms with van der Waals surface area (Å²) in [5.41, 5.74) is 1.59. The minimum atomic E-state index is -0.411. The minimum Gasteiger partial charge on any atom is -0.460 e. The number of pyridine rings is 1. The Hall–Kier alpha value is -2.52. The number of esters is 1. The molecule has 164 valence electrons. The molecule has 4 rings (SSSR count). The lowest BCUT2D eigenvalue weighted by Crippen LogP contribution is -2.36. The molecule has 9 heteroatoms. The van der Waals surface area contributed by atoms with E-state index in [0.29, 0.717) is 49.4 Å². The molecule has 31 heavy (non-hydrogen) atoms. The maximum Gasteiger partial charge on any atom is 0.309 e. The van der Waals surface area contributed by atoms with Gasteiger partial charge in [0.2, 0.25) is 0 Å². The molecule has 1 amide bonds. The number of carbonyl (C=O) groups is 2. The van der Waals surface area contributed by atoms with Crippen LogP contribution in [0.4, 0.5) is 10.1 Å². The molecule has 2 aliphatic heterocycles. The van der Waals surface area contributed by atoms with Crippen molar-refractivity contribution < 1.29 is 23.5 Å². The van der Waals surface area contributed by atoms with Crippen LogP contribution in [0.25, 0.3) is 0 Å². The first-order chi connectivity index (χ1) is 15.0. The summed E-state index contributed by atoms with van der Waals surface area (Å²) < 4.78 is 25.9. The van der Waals surface area contributed by atoms with Gasteiger partial charge in [0.05, 0.1) is 31.4 Å². The van der Waals surface area contributed by atoms with E-state index in [1.807, 2.05) is 11.0 Å². The highest BCUT2D eigenvalue weighted by Crippen LogP contribution is 2.27. The average molecular weight is 492 g/mol. The second kappa shape index (κ2) is 9.74. The largest absolute Gasteiger partial charge is 0.460 e. The highest BCUT2D eigenvalue weighted by atomic mass is 79.9. The highest BCUT2D eigenvalue weighted by Gasteiger charge is 2.34. The van der Waals surface area contributed by atoms with Gasteiger partial charge in [-0.25, -0.2) is 9.37 Å². The number of cyclic esters (lactones) is 1. The first-order valence-corrected chi connectivity index (χ1v) is 11.0. The Morgan fingerprint density at radius 3 is 2.81 bits per heavy atom. The van der Waals surface area contributed by atoms with E-state index in [9.17, 15) is 14.0 Å². The third-order valence-corrected chi connectivity index (χ3v) is 5.89. The monoisotopic (exact) mass is 491 g/mol. The van der Waals surface area contributed by atoms with Crippen molar-refractivity contribution in [3.8, 4) is 0 Å². The van der Waals surface area contributed by atoms with E-state index in [4.69, 9.17) is 9.47 Å². The maximum absolute atomic E-state index is 14.6. The van der Waals surface area contributed by atoms with Gasteiger partial charge in [0.15, 0.2) is 0 Å². The molecule has 1 aromatic heterocycles. The van der Waals surface area contributed by atoms with Gasteiger partial charge in [0.1, 0.15) is 22.2 Å². The fourth-order valence-corrected chi connectivity index (χ4v) is 4.21. The van der Waals surface area contributed by atoms with Crippen LogP contribution in [0, 0.1) is 11.7 Å². The van der Waals surface area contributed by atoms with Crippen LogP contribution in [0.15, 0.2) is 41.0 Å². The standard InChI is InChI=1S/C22H23BrFN3O4/c23-20-3-1-2-18(26-20)21(28)25-13-16-12-15(22(29)31-16)10-14-4-5-19(17(24)11-14)27-6-8-30-9-7-27/h1-5,11,15-16H,6-10,12-13H2,(H,25,28)/t15?,16-/m1/s1. The van der Waals surface area contributed by atoms with Gasteiger partial charge in [0.25, 0.3) is 5.91 Å². The van der Waals surface area contributed by atoms with E-state index >= 15 is 0 Å². The number of hydrogen-bond acceptors (Lipinski definition) is 6. The number of morpholine rings is 1. The molecular formula is C22H23BrFN3O4. The SMILES string of the molecule is O=C(NC[C@H]1CC(Cc2ccc(N3CCOCC3)c(F)c2)C(=O)O1)c1cccc(Br)n1. The fraction of sp³-hybridized carbons (Fsp3) is 0.409. The summed E-state index contributed by atoms with van der Waals surface area (Å²) in [5.74, 6) is -1.31. The molecule has 1 N–H and O–H groups in total. The van der Waals surface area contributed by atoms with E-state index in [1.165, 1.54) is 6.07 Å². The number of anilines is 1. The van der Waals surface area contributed by atoms with E-state index < -0.39 is 6.10 Å². The van der Waals surface area contributed by atoms with Gasteiger partial charge < -0.3 is 19.7 Å². The first-order valence-electron chi connectivity index (χ1n) is 10.2. The lowest BCUT2D eigenvalue weighted by Gasteiger charge is -2.29. The van der Waals surface area contributed by atoms with Crippen molar-refractivity contribution in [1.82, 2.24) is 10.3 Å². The van der Waals surface area contributed by atoms with Crippen molar-refractivity contribution in [3.63, 3.8) is 0 Å². The number of aromatic nitrogens is 1. The highest BCUT2D eigenvalue weighted by molar-refractivity contribution is 9.10. The summed E-state index contributed by atoms with van der Waals surface area (Å²) in [5, 5.41) is 2.75. The van der Waals surface area contributed by atoms with Gasteiger partial charge in [-0.3, -0.25) is 9.59 Å². The Balaban J connectivity index is 1.31. The number of carbonyl (C=O) groups excluding carboxylic acids is 2. The summed E-state index contributed by atoms with van der Waals surface area (Å²) in [4.78, 5) is 30.6. The molecule has 0 aliphatic carbocycles. The zero-order chi connectivity index (χ0) is 21.8. The van der Waals surface area contributed by atoms with E-state index in [0.717, 1.165) is 5.56 Å². The predicted octanol–water partition coefficient (Wildman–Crippen LogP) is 2.72. The van der Waals surface area contributed by atoms with Crippen molar-refractivity contribution in [2.24, 2.45) is 5.92 Å². The third-order valence-electron chi connectivity index (χ3n) is 5.45. The summed E-state index contributed by atoms with van der Waals surface area (Å²) in [6, 6.07) is 10.2. The second-order valence-corrected chi connectivity index (χ2v) is 8.45. The van der Waals surface area contributed by atoms with Crippen LogP contribution >= 0.6 is 15.9 Å². The van der Waals surface area contributed by atoms with Crippen molar-refractivity contribution in [1.29, 1.82) is 0 Å². The number of hydrogen-bond donors (Lipinski definition) is 1. The minimum absolute atomic E-state index is 0.208. The van der Waals surface area contributed by atoms with Crippen molar-refractivity contribution >= 4 is 33.5 Å². The molecule has 7 nitrogen and oxygen atoms in total. The van der Waals surface area contributed by atoms with Crippen molar-refractivity contribution in [3.05, 3.63) is 58.1 Å². The Labute approximate surface area is 188 Å². The molecule has 1 aromatic carbocycles. The van der Waals surface area contributed by atoms with Crippen LogP contribution in [0.5, 0.6) is 0 Å². The van der Waals surface area contributed by atoms with Crippen LogP contribution in [0.2, 0.25) is 0 Å². The van der Waals surface area contributed by atoms with Gasteiger partial charge in [0, 0.05) is 13.1 Å². The number of halogens is 2. The van der Waals surface area contributed by atoms with Crippen LogP contribution in [-0.4, -0.2) is 55.8 Å². The van der Waals surface area contributed by atoms with Crippen LogP contribution < -0.4 is 10.2 Å². The Morgan fingerprint density at radius 1 is 1.26 bits per heavy atom. The molecule has 3 heterocycles. The number of nitrogens with one attached hydrogen (secondary N) is 1. The quantitative estimate of drug-likeness (QED) is 0.494. The number of nitrogens with zero attached hydrogens (tertiary/aromatic N) is 2. The topological polar surface area (TPSA) is 80.8 Å². The van der Waals surface area contributed by atoms with Gasteiger partial charge in [-0.1, -0.05) is 12.1 Å². The zero-order valence-corrected chi connectivity index (χ0v) is 18.4. The normalized spacial score (nSPS) is 21.1. The number of benzene rings is 1. The zero-order valence-electron chi connectivity index (χ0n) is 16.9. The first kappa shape index (κ1) is 21.7. The lowest BCUT2D eigenvalue weighted by atomic mass is 9.95. The fourth-order valence-electron chi connectivity index (χ4n) is 3.87. The van der Waals surface area contributed by atoms with E-state index in [2.05, 4.69) is 26.2 Å². The molecule has 2 aromatic rings. The van der Waals surface area contributed by atoms with Crippen LogP contribution in [-0.2, 0) is 20.7 Å². The number of rotatable bonds is 6. The Bertz CT molecular complexity index is 968. The predicted molar refractivity (Wildman–Crippen MR) is 115 cm³/mol. The second-order valence-electron chi connectivity index (χ2n) is 7.64. The maximum atomic E-state index is 14.6. The van der Waals surface area contributed by atoms with E-state index in [1.54, 1.807) is 24.3 Å². The van der Waals surface area contributed by atoms with Gasteiger partial charge in [-0.15, -0.1) is 0 Å². The van der Waals surface area contributed by atoms with E-state index in [-0.39, 0.29) is 35.9 Å². The van der Waals surface area contributed by atoms with Crippen molar-refractivity contribution in [2.75, 3.05) is 37.7 Å². The lowest BCUT2D eigenvalue weighted by molar-refractivity contribution is -0.144. The summed E-state index contributed by atoms with van der Waals surface area (Å²) in [6.45, 7) is 2.71. The molecule has 0 saturated carbocycles. The Morgan fingerprint density at radius 2 is 2.06 bits per heavy atom. The molecule has 2 fully saturated rings. The molecule has 0 spiro atoms. The van der Waals surface area contributed by atoms with Crippen LogP contribution in [0.3, 0.4) is 0 Å². The van der Waals surface area contributed by atoms with Gasteiger partial charge in [-0.2, -0.15) is 0 Å². The molecular weight excluding hydrogens is 469 g/mol. The molecule has 1 unspecified atom stereocenters. The molecule has 0 radical (unpaired) electrons. The van der Waals surface area contributed by atoms with Crippen LogP contribution in [0.1, 0.15) is 22.5 Å². The number of amides is 1. The van der Waals surface area contributed by atoms with Gasteiger partial charge in [-0.05, 0) is 58.6 Å². The summed E-state index contributed by atoms with van der Waals surface area (Å²) in [7, 11) is 0. The summed E-state index contributed by atoms with van der Waals surface area (Å²) in [6.07, 6.45) is 0.459. The molecule has 0 bridgehead atoms. The third kappa shape index (κ3) is 5.40. The molecule has 2 saturated heterocycles. The molecule has 2 atom stereocenters. The smallest absolute Gasteiger partial charge is 0.309 e. The molecule has 2 aliphatic rings. The Kier molecular flexibility index (Phi) is 6.82. The average Bonchev–Trinajstić information content (AvgIpc) is 3.12.